The van der Waals surface area contributed by atoms with Crippen LogP contribution in [-0.2, 0) is 16.0 Å². The zero-order chi connectivity index (χ0) is 19.3. The maximum atomic E-state index is 12.9. The third kappa shape index (κ3) is 4.43. The Morgan fingerprint density at radius 2 is 1.93 bits per heavy atom. The van der Waals surface area contributed by atoms with E-state index in [4.69, 9.17) is 9.15 Å². The lowest BCUT2D eigenvalue weighted by Crippen LogP contribution is -2.43. The summed E-state index contributed by atoms with van der Waals surface area (Å²) < 4.78 is 11.1. The van der Waals surface area contributed by atoms with Crippen molar-refractivity contribution in [1.29, 1.82) is 0 Å². The van der Waals surface area contributed by atoms with Crippen LogP contribution in [0, 0.1) is 6.92 Å². The molecule has 2 heterocycles. The molecule has 1 atom stereocenters. The van der Waals surface area contributed by atoms with E-state index in [0.29, 0.717) is 6.42 Å². The minimum atomic E-state index is -0.0489. The van der Waals surface area contributed by atoms with E-state index in [1.165, 1.54) is 0 Å². The van der Waals surface area contributed by atoms with E-state index in [-0.39, 0.29) is 11.9 Å². The van der Waals surface area contributed by atoms with Crippen LogP contribution in [0.4, 0.5) is 0 Å². The van der Waals surface area contributed by atoms with Crippen LogP contribution in [0.2, 0.25) is 0 Å². The predicted octanol–water partition coefficient (Wildman–Crippen LogP) is 3.47. The van der Waals surface area contributed by atoms with Gasteiger partial charge in [0.1, 0.15) is 5.58 Å². The summed E-state index contributed by atoms with van der Waals surface area (Å²) in [6.07, 6.45) is 2.01. The van der Waals surface area contributed by atoms with E-state index in [0.717, 1.165) is 60.5 Å². The van der Waals surface area contributed by atoms with E-state index in [1.54, 1.807) is 6.26 Å². The lowest BCUT2D eigenvalue weighted by atomic mass is 10.0. The molecule has 1 saturated heterocycles. The number of ether oxygens (including phenoxy) is 1. The van der Waals surface area contributed by atoms with Gasteiger partial charge in [0.25, 0.3) is 0 Å². The van der Waals surface area contributed by atoms with Crippen LogP contribution in [0.15, 0.2) is 59.2 Å². The second-order valence-corrected chi connectivity index (χ2v) is 7.38. The largest absolute Gasteiger partial charge is 0.464 e. The van der Waals surface area contributed by atoms with Crippen LogP contribution in [0.3, 0.4) is 0 Å². The average Bonchev–Trinajstić information content (AvgIpc) is 3.10. The number of fused-ring (bicyclic) bond motifs is 1. The Kier molecular flexibility index (Phi) is 5.74. The standard InChI is InChI=1S/C23H26N2O3/c1-17-7-8-20-19(16-28-22(20)13-17)14-23(26)24-21(18-5-3-2-4-6-18)15-25-9-11-27-12-10-25/h2-8,13,16,21H,9-12,14-15H2,1H3,(H,24,26). The molecule has 1 N–H and O–H groups in total. The molecule has 2 aromatic carbocycles. The van der Waals surface area contributed by atoms with Gasteiger partial charge in [-0.15, -0.1) is 0 Å². The molecule has 1 aromatic heterocycles. The SMILES string of the molecule is Cc1ccc2c(CC(=O)NC(CN3CCOCC3)c3ccccc3)coc2c1. The number of carbonyl (C=O) groups excluding carboxylic acids is 1. The van der Waals surface area contributed by atoms with Gasteiger partial charge in [-0.2, -0.15) is 0 Å². The monoisotopic (exact) mass is 378 g/mol. The lowest BCUT2D eigenvalue weighted by molar-refractivity contribution is -0.121. The van der Waals surface area contributed by atoms with Crippen LogP contribution in [0.1, 0.15) is 22.7 Å². The molecule has 0 aliphatic carbocycles. The first-order chi connectivity index (χ1) is 13.7. The molecule has 0 bridgehead atoms. The summed E-state index contributed by atoms with van der Waals surface area (Å²) in [6, 6.07) is 16.2. The maximum absolute atomic E-state index is 12.9. The Balaban J connectivity index is 1.48. The number of hydrogen-bond acceptors (Lipinski definition) is 4. The molecular weight excluding hydrogens is 352 g/mol. The second-order valence-electron chi connectivity index (χ2n) is 7.38. The molecule has 4 rings (SSSR count). The molecule has 0 radical (unpaired) electrons. The fourth-order valence-corrected chi connectivity index (χ4v) is 3.71. The normalized spacial score (nSPS) is 16.2. The molecule has 3 aromatic rings. The third-order valence-corrected chi connectivity index (χ3v) is 5.24. The summed E-state index contributed by atoms with van der Waals surface area (Å²) in [4.78, 5) is 15.2. The minimum Gasteiger partial charge on any atom is -0.464 e. The van der Waals surface area contributed by atoms with Gasteiger partial charge >= 0.3 is 0 Å². The Bertz CT molecular complexity index is 929. The summed E-state index contributed by atoms with van der Waals surface area (Å²) in [6.45, 7) is 6.09. The summed E-state index contributed by atoms with van der Waals surface area (Å²) in [5.74, 6) is 0.00499. The molecule has 5 nitrogen and oxygen atoms in total. The van der Waals surface area contributed by atoms with Gasteiger partial charge in [-0.05, 0) is 24.1 Å². The topological polar surface area (TPSA) is 54.7 Å². The van der Waals surface area contributed by atoms with Crippen molar-refractivity contribution in [1.82, 2.24) is 10.2 Å². The second kappa shape index (κ2) is 8.59. The zero-order valence-corrected chi connectivity index (χ0v) is 16.2. The molecular formula is C23H26N2O3. The summed E-state index contributed by atoms with van der Waals surface area (Å²) in [5, 5.41) is 4.24. The van der Waals surface area contributed by atoms with Gasteiger partial charge in [-0.1, -0.05) is 42.5 Å². The molecule has 1 unspecified atom stereocenters. The first-order valence-electron chi connectivity index (χ1n) is 9.80. The molecule has 5 heteroatoms. The van der Waals surface area contributed by atoms with Crippen LogP contribution >= 0.6 is 0 Å². The molecule has 0 saturated carbocycles. The number of benzene rings is 2. The molecule has 1 aliphatic rings. The Labute approximate surface area is 165 Å². The van der Waals surface area contributed by atoms with Crippen molar-refractivity contribution in [3.05, 3.63) is 71.5 Å². The third-order valence-electron chi connectivity index (χ3n) is 5.24. The van der Waals surface area contributed by atoms with Crippen LogP contribution < -0.4 is 5.32 Å². The van der Waals surface area contributed by atoms with E-state index >= 15 is 0 Å². The van der Waals surface area contributed by atoms with Crippen molar-refractivity contribution in [3.8, 4) is 0 Å². The highest BCUT2D eigenvalue weighted by molar-refractivity contribution is 5.88. The van der Waals surface area contributed by atoms with E-state index in [2.05, 4.69) is 22.3 Å². The number of furan rings is 1. The Hall–Kier alpha value is -2.63. The highest BCUT2D eigenvalue weighted by Crippen LogP contribution is 2.23. The van der Waals surface area contributed by atoms with Gasteiger partial charge in [0, 0.05) is 30.6 Å². The summed E-state index contributed by atoms with van der Waals surface area (Å²) >= 11 is 0. The van der Waals surface area contributed by atoms with Crippen molar-refractivity contribution in [2.75, 3.05) is 32.8 Å². The van der Waals surface area contributed by atoms with Gasteiger partial charge < -0.3 is 14.5 Å². The van der Waals surface area contributed by atoms with Crippen molar-refractivity contribution in [2.24, 2.45) is 0 Å². The van der Waals surface area contributed by atoms with E-state index in [1.807, 2.05) is 43.3 Å². The lowest BCUT2D eigenvalue weighted by Gasteiger charge is -2.31. The fraction of sp³-hybridized carbons (Fsp3) is 0.348. The molecule has 146 valence electrons. The molecule has 1 amide bonds. The smallest absolute Gasteiger partial charge is 0.225 e. The number of amides is 1. The number of nitrogens with zero attached hydrogens (tertiary/aromatic N) is 1. The van der Waals surface area contributed by atoms with Crippen molar-refractivity contribution in [2.45, 2.75) is 19.4 Å². The highest BCUT2D eigenvalue weighted by atomic mass is 16.5. The number of morpholine rings is 1. The zero-order valence-electron chi connectivity index (χ0n) is 16.2. The first kappa shape index (κ1) is 18.7. The van der Waals surface area contributed by atoms with Crippen molar-refractivity contribution >= 4 is 16.9 Å². The van der Waals surface area contributed by atoms with Crippen LogP contribution in [-0.4, -0.2) is 43.7 Å². The van der Waals surface area contributed by atoms with E-state index in [9.17, 15) is 4.79 Å². The van der Waals surface area contributed by atoms with Crippen LogP contribution in [0.5, 0.6) is 0 Å². The Morgan fingerprint density at radius 3 is 2.71 bits per heavy atom. The average molecular weight is 378 g/mol. The number of hydrogen-bond donors (Lipinski definition) is 1. The quantitative estimate of drug-likeness (QED) is 0.714. The maximum Gasteiger partial charge on any atom is 0.225 e. The fourth-order valence-electron chi connectivity index (χ4n) is 3.71. The number of carbonyl (C=O) groups is 1. The molecule has 1 aliphatic heterocycles. The van der Waals surface area contributed by atoms with Gasteiger partial charge in [0.05, 0.1) is 31.9 Å². The number of rotatable bonds is 6. The van der Waals surface area contributed by atoms with Gasteiger partial charge in [0.2, 0.25) is 5.91 Å². The van der Waals surface area contributed by atoms with Gasteiger partial charge in [-0.3, -0.25) is 9.69 Å². The van der Waals surface area contributed by atoms with Crippen molar-refractivity contribution < 1.29 is 13.9 Å². The van der Waals surface area contributed by atoms with E-state index < -0.39 is 0 Å². The van der Waals surface area contributed by atoms with Gasteiger partial charge in [-0.25, -0.2) is 0 Å². The number of nitrogens with one attached hydrogen (secondary N) is 1. The minimum absolute atomic E-state index is 0.00499. The van der Waals surface area contributed by atoms with Gasteiger partial charge in [0.15, 0.2) is 0 Å². The predicted molar refractivity (Wildman–Crippen MR) is 109 cm³/mol. The highest BCUT2D eigenvalue weighted by Gasteiger charge is 2.21. The summed E-state index contributed by atoms with van der Waals surface area (Å²) in [5.41, 5.74) is 4.02. The first-order valence-corrected chi connectivity index (χ1v) is 9.80. The molecule has 1 fully saturated rings. The van der Waals surface area contributed by atoms with Crippen molar-refractivity contribution in [3.63, 3.8) is 0 Å². The Morgan fingerprint density at radius 1 is 1.14 bits per heavy atom. The molecule has 0 spiro atoms. The van der Waals surface area contributed by atoms with Crippen LogP contribution in [0.25, 0.3) is 11.0 Å². The number of aryl methyl sites for hydroxylation is 1. The molecule has 28 heavy (non-hydrogen) atoms. The summed E-state index contributed by atoms with van der Waals surface area (Å²) in [7, 11) is 0.